The lowest BCUT2D eigenvalue weighted by molar-refractivity contribution is -0.144. The number of amides is 1. The summed E-state index contributed by atoms with van der Waals surface area (Å²) in [5.41, 5.74) is 5.29. The molecule has 0 unspecified atom stereocenters. The fourth-order valence-corrected chi connectivity index (χ4v) is 2.40. The first-order chi connectivity index (χ1) is 11.2. The summed E-state index contributed by atoms with van der Waals surface area (Å²) in [7, 11) is 1.56. The highest BCUT2D eigenvalue weighted by molar-refractivity contribution is 6.04. The van der Waals surface area contributed by atoms with Crippen molar-refractivity contribution >= 4 is 25.8 Å². The molecule has 1 heterocycles. The molecule has 0 aromatic carbocycles. The molecule has 12 heteroatoms. The fraction of sp³-hybridized carbons (Fsp3) is 0.583. The maximum absolute atomic E-state index is 11.4. The monoisotopic (exact) mass is 343 g/mol. The predicted octanol–water partition coefficient (Wildman–Crippen LogP) is -4.43. The zero-order chi connectivity index (χ0) is 18.4. The number of carboxylic acids is 1. The van der Waals surface area contributed by atoms with E-state index in [9.17, 15) is 19.8 Å². The van der Waals surface area contributed by atoms with Gasteiger partial charge in [0.05, 0.1) is 18.2 Å². The standard InChI is InChI=1S/C12H22BN5O6/c1-4(19)17-8-5(18-12(14)15)2-7(11(22)23)24-10(8)9(21)6(20)3-16-13/h2,5-6,8-10,16,20-21H,3,13H2,1H3,(H,17,19)(H,22,23)(H4,14,15,18)/t5-,6+,8+,9+,10+/m0/s1. The van der Waals surface area contributed by atoms with E-state index in [4.69, 9.17) is 21.0 Å². The van der Waals surface area contributed by atoms with Gasteiger partial charge in [-0.25, -0.2) is 4.79 Å². The molecule has 0 saturated carbocycles. The van der Waals surface area contributed by atoms with Crippen molar-refractivity contribution < 1.29 is 29.6 Å². The molecule has 1 rings (SSSR count). The van der Waals surface area contributed by atoms with Crippen LogP contribution in [0.5, 0.6) is 0 Å². The van der Waals surface area contributed by atoms with Crippen LogP contribution in [0.25, 0.3) is 0 Å². The number of guanidine groups is 1. The van der Waals surface area contributed by atoms with Gasteiger partial charge in [0.1, 0.15) is 12.2 Å². The summed E-state index contributed by atoms with van der Waals surface area (Å²) in [4.78, 5) is 22.7. The third-order valence-corrected chi connectivity index (χ3v) is 3.38. The number of aliphatic carboxylic acids is 1. The van der Waals surface area contributed by atoms with E-state index in [1.54, 1.807) is 7.98 Å². The van der Waals surface area contributed by atoms with Gasteiger partial charge in [0.15, 0.2) is 13.9 Å². The summed E-state index contributed by atoms with van der Waals surface area (Å²) in [6.07, 6.45) is -2.92. The number of rotatable bonds is 7. The smallest absolute Gasteiger partial charge is 0.370 e. The van der Waals surface area contributed by atoms with Crippen LogP contribution in [0.1, 0.15) is 6.92 Å². The number of carbonyl (C=O) groups is 2. The van der Waals surface area contributed by atoms with Gasteiger partial charge >= 0.3 is 5.97 Å². The van der Waals surface area contributed by atoms with Crippen LogP contribution in [-0.2, 0) is 14.3 Å². The molecule has 9 N–H and O–H groups in total. The predicted molar refractivity (Wildman–Crippen MR) is 85.6 cm³/mol. The van der Waals surface area contributed by atoms with Crippen molar-refractivity contribution in [3.05, 3.63) is 11.8 Å². The molecule has 0 fully saturated rings. The van der Waals surface area contributed by atoms with Crippen LogP contribution in [0.15, 0.2) is 11.8 Å². The van der Waals surface area contributed by atoms with Gasteiger partial charge in [-0.15, -0.1) is 0 Å². The number of nitrogens with two attached hydrogens (primary N) is 1. The van der Waals surface area contributed by atoms with Crippen LogP contribution in [-0.4, -0.2) is 78.1 Å². The van der Waals surface area contributed by atoms with Crippen molar-refractivity contribution in [3.63, 3.8) is 0 Å². The zero-order valence-electron chi connectivity index (χ0n) is 13.3. The van der Waals surface area contributed by atoms with Crippen molar-refractivity contribution in [3.8, 4) is 0 Å². The molecule has 0 bridgehead atoms. The molecule has 1 amide bonds. The van der Waals surface area contributed by atoms with Gasteiger partial charge < -0.3 is 41.7 Å². The second-order valence-corrected chi connectivity index (χ2v) is 5.34. The molecule has 134 valence electrons. The van der Waals surface area contributed by atoms with E-state index in [1.807, 2.05) is 0 Å². The average Bonchev–Trinajstić information content (AvgIpc) is 2.47. The molecule has 0 spiro atoms. The number of ether oxygens (including phenoxy) is 1. The summed E-state index contributed by atoms with van der Waals surface area (Å²) in [5, 5.41) is 44.4. The van der Waals surface area contributed by atoms with Gasteiger partial charge in [0.25, 0.3) is 0 Å². The minimum Gasteiger partial charge on any atom is -0.478 e. The number of hydrogen-bond donors (Lipinski definition) is 8. The number of carbonyl (C=O) groups excluding carboxylic acids is 1. The number of nitrogens with one attached hydrogen (secondary N) is 4. The third-order valence-electron chi connectivity index (χ3n) is 3.38. The van der Waals surface area contributed by atoms with Gasteiger partial charge in [-0.05, 0) is 6.08 Å². The maximum Gasteiger partial charge on any atom is 0.370 e. The molecule has 0 aliphatic carbocycles. The number of aliphatic hydroxyl groups is 2. The minimum absolute atomic E-state index is 0.0186. The molecule has 1 aliphatic heterocycles. The van der Waals surface area contributed by atoms with Crippen LogP contribution in [0.4, 0.5) is 0 Å². The topological polar surface area (TPSA) is 190 Å². The van der Waals surface area contributed by atoms with E-state index in [2.05, 4.69) is 15.9 Å². The van der Waals surface area contributed by atoms with Crippen molar-refractivity contribution in [2.24, 2.45) is 5.73 Å². The van der Waals surface area contributed by atoms with Crippen LogP contribution in [0.2, 0.25) is 0 Å². The molecule has 0 aromatic heterocycles. The molecule has 0 saturated heterocycles. The lowest BCUT2D eigenvalue weighted by atomic mass is 9.91. The second kappa shape index (κ2) is 8.52. The largest absolute Gasteiger partial charge is 0.478 e. The molecule has 11 nitrogen and oxygen atoms in total. The molecule has 0 radical (unpaired) electrons. The summed E-state index contributed by atoms with van der Waals surface area (Å²) < 4.78 is 5.26. The molecule has 24 heavy (non-hydrogen) atoms. The van der Waals surface area contributed by atoms with Crippen molar-refractivity contribution in [1.82, 2.24) is 15.9 Å². The quantitative estimate of drug-likeness (QED) is 0.128. The summed E-state index contributed by atoms with van der Waals surface area (Å²) in [5.74, 6) is -2.81. The number of aliphatic hydroxyl groups excluding tert-OH is 2. The van der Waals surface area contributed by atoms with Crippen molar-refractivity contribution in [2.45, 2.75) is 37.3 Å². The van der Waals surface area contributed by atoms with Crippen LogP contribution in [0, 0.1) is 5.41 Å². The Morgan fingerprint density at radius 2 is 2.08 bits per heavy atom. The van der Waals surface area contributed by atoms with Gasteiger partial charge in [-0.3, -0.25) is 10.2 Å². The Morgan fingerprint density at radius 1 is 1.46 bits per heavy atom. The van der Waals surface area contributed by atoms with Crippen LogP contribution >= 0.6 is 0 Å². The first kappa shape index (κ1) is 19.7. The van der Waals surface area contributed by atoms with E-state index >= 15 is 0 Å². The fourth-order valence-electron chi connectivity index (χ4n) is 2.40. The van der Waals surface area contributed by atoms with E-state index < -0.39 is 54.0 Å². The zero-order valence-corrected chi connectivity index (χ0v) is 13.3. The first-order valence-corrected chi connectivity index (χ1v) is 7.17. The average molecular weight is 343 g/mol. The minimum atomic E-state index is -1.51. The van der Waals surface area contributed by atoms with Gasteiger partial charge in [-0.1, -0.05) is 0 Å². The third kappa shape index (κ3) is 5.11. The van der Waals surface area contributed by atoms with E-state index in [1.165, 1.54) is 6.92 Å². The Balaban J connectivity index is 3.19. The van der Waals surface area contributed by atoms with Gasteiger partial charge in [0.2, 0.25) is 11.7 Å². The van der Waals surface area contributed by atoms with Crippen LogP contribution in [0.3, 0.4) is 0 Å². The first-order valence-electron chi connectivity index (χ1n) is 7.17. The highest BCUT2D eigenvalue weighted by Crippen LogP contribution is 2.23. The van der Waals surface area contributed by atoms with Crippen molar-refractivity contribution in [2.75, 3.05) is 6.54 Å². The summed E-state index contributed by atoms with van der Waals surface area (Å²) >= 11 is 0. The summed E-state index contributed by atoms with van der Waals surface area (Å²) in [6.45, 7) is 1.25. The Hall–Kier alpha value is -2.31. The van der Waals surface area contributed by atoms with Gasteiger partial charge in [0, 0.05) is 13.5 Å². The molecule has 5 atom stereocenters. The molecular formula is C12H22BN5O6. The Bertz CT molecular complexity index is 530. The van der Waals surface area contributed by atoms with Gasteiger partial charge in [-0.2, -0.15) is 0 Å². The van der Waals surface area contributed by atoms with E-state index in [-0.39, 0.29) is 6.54 Å². The normalized spacial score (nSPS) is 25.6. The number of carboxylic acid groups (broad SMARTS) is 1. The van der Waals surface area contributed by atoms with Crippen molar-refractivity contribution in [1.29, 1.82) is 5.41 Å². The van der Waals surface area contributed by atoms with E-state index in [0.29, 0.717) is 0 Å². The molecular weight excluding hydrogens is 321 g/mol. The molecule has 1 aliphatic rings. The maximum atomic E-state index is 11.4. The highest BCUT2D eigenvalue weighted by atomic mass is 16.5. The lowest BCUT2D eigenvalue weighted by Crippen LogP contribution is -2.64. The number of hydrogen-bond acceptors (Lipinski definition) is 7. The summed E-state index contributed by atoms with van der Waals surface area (Å²) in [6, 6.07) is -1.89. The highest BCUT2D eigenvalue weighted by Gasteiger charge is 2.43. The SMILES string of the molecule is BNC[C@@H](O)[C@@H](O)[C@@H]1OC(C(=O)O)=C[C@H](NC(=N)N)[C@H]1NC(C)=O. The lowest BCUT2D eigenvalue weighted by Gasteiger charge is -2.40. The molecule has 0 aromatic rings. The van der Waals surface area contributed by atoms with E-state index in [0.717, 1.165) is 6.08 Å². The Labute approximate surface area is 139 Å². The van der Waals surface area contributed by atoms with Crippen LogP contribution < -0.4 is 21.6 Å². The Kier molecular flexibility index (Phi) is 7.01. The second-order valence-electron chi connectivity index (χ2n) is 5.34. The Morgan fingerprint density at radius 3 is 2.54 bits per heavy atom.